The second-order valence-corrected chi connectivity index (χ2v) is 6.06. The molecule has 0 heterocycles. The van der Waals surface area contributed by atoms with Crippen LogP contribution in [0.2, 0.25) is 0 Å². The van der Waals surface area contributed by atoms with E-state index in [0.29, 0.717) is 5.41 Å². The summed E-state index contributed by atoms with van der Waals surface area (Å²) >= 11 is 5.87. The zero-order valence-electron chi connectivity index (χ0n) is 11.2. The lowest BCUT2D eigenvalue weighted by molar-refractivity contribution is 0.446. The molecule has 19 heavy (non-hydrogen) atoms. The molecule has 0 saturated heterocycles. The summed E-state index contributed by atoms with van der Waals surface area (Å²) in [5, 5.41) is 6.31. The third-order valence-electron chi connectivity index (χ3n) is 4.28. The molecule has 0 radical (unpaired) electrons. The fourth-order valence-electron chi connectivity index (χ4n) is 2.80. The van der Waals surface area contributed by atoms with Gasteiger partial charge in [-0.1, -0.05) is 42.5 Å². The Hall–Kier alpha value is -1.05. The van der Waals surface area contributed by atoms with Gasteiger partial charge >= 0.3 is 0 Å². The molecule has 0 atom stereocenters. The maximum absolute atomic E-state index is 5.87. The molecule has 0 spiro atoms. The van der Waals surface area contributed by atoms with Gasteiger partial charge < -0.3 is 5.32 Å². The molecule has 1 N–H and O–H groups in total. The molecule has 1 aliphatic rings. The lowest BCUT2D eigenvalue weighted by Crippen LogP contribution is -2.24. The Kier molecular flexibility index (Phi) is 3.76. The summed E-state index contributed by atoms with van der Waals surface area (Å²) < 4.78 is 0. The minimum absolute atomic E-state index is 0.506. The predicted molar refractivity (Wildman–Crippen MR) is 82.7 cm³/mol. The molecule has 0 amide bonds. The summed E-state index contributed by atoms with van der Waals surface area (Å²) in [5.41, 5.74) is 1.89. The maximum Gasteiger partial charge on any atom is 0.0229 e. The van der Waals surface area contributed by atoms with Gasteiger partial charge in [-0.15, -0.1) is 11.6 Å². The van der Waals surface area contributed by atoms with Crippen LogP contribution in [0.5, 0.6) is 0 Å². The molecule has 0 aromatic heterocycles. The summed E-state index contributed by atoms with van der Waals surface area (Å²) in [6.45, 7) is 2.05. The van der Waals surface area contributed by atoms with E-state index in [1.165, 1.54) is 29.2 Å². The van der Waals surface area contributed by atoms with Gasteiger partial charge in [-0.25, -0.2) is 0 Å². The normalized spacial score (nSPS) is 16.7. The molecule has 2 aromatic carbocycles. The molecule has 0 bridgehead atoms. The Labute approximate surface area is 120 Å². The van der Waals surface area contributed by atoms with E-state index >= 15 is 0 Å². The first kappa shape index (κ1) is 13.0. The van der Waals surface area contributed by atoms with Crippen LogP contribution in [0.25, 0.3) is 10.8 Å². The Morgan fingerprint density at radius 2 is 1.84 bits per heavy atom. The average molecular weight is 274 g/mol. The minimum atomic E-state index is 0.506. The zero-order chi connectivity index (χ0) is 13.1. The topological polar surface area (TPSA) is 12.0 Å². The van der Waals surface area contributed by atoms with Crippen LogP contribution in [-0.2, 0) is 6.54 Å². The third-order valence-corrected chi connectivity index (χ3v) is 4.47. The lowest BCUT2D eigenvalue weighted by atomic mass is 10.0. The Morgan fingerprint density at radius 3 is 2.63 bits per heavy atom. The fourth-order valence-corrected chi connectivity index (χ4v) is 3.20. The average Bonchev–Trinajstić information content (AvgIpc) is 3.19. The lowest BCUT2D eigenvalue weighted by Gasteiger charge is -2.15. The van der Waals surface area contributed by atoms with E-state index in [4.69, 9.17) is 11.6 Å². The minimum Gasteiger partial charge on any atom is -0.312 e. The number of benzene rings is 2. The number of alkyl halides is 1. The highest BCUT2D eigenvalue weighted by Gasteiger charge is 2.41. The second-order valence-electron chi connectivity index (χ2n) is 5.68. The van der Waals surface area contributed by atoms with Crippen molar-refractivity contribution in [1.82, 2.24) is 5.32 Å². The van der Waals surface area contributed by atoms with E-state index in [1.807, 2.05) is 0 Å². The van der Waals surface area contributed by atoms with Crippen molar-refractivity contribution in [2.24, 2.45) is 5.41 Å². The first-order chi connectivity index (χ1) is 9.33. The maximum atomic E-state index is 5.87. The van der Waals surface area contributed by atoms with E-state index < -0.39 is 0 Å². The summed E-state index contributed by atoms with van der Waals surface area (Å²) in [4.78, 5) is 0. The number of hydrogen-bond acceptors (Lipinski definition) is 1. The van der Waals surface area contributed by atoms with Crippen molar-refractivity contribution in [3.05, 3.63) is 48.0 Å². The number of halogens is 1. The van der Waals surface area contributed by atoms with Gasteiger partial charge in [0.1, 0.15) is 0 Å². The van der Waals surface area contributed by atoms with Crippen molar-refractivity contribution in [2.45, 2.75) is 25.8 Å². The van der Waals surface area contributed by atoms with Crippen molar-refractivity contribution in [3.63, 3.8) is 0 Å². The van der Waals surface area contributed by atoms with Gasteiger partial charge in [0.05, 0.1) is 0 Å². The molecule has 0 aliphatic heterocycles. The standard InChI is InChI=1S/C17H20ClN/c18-11-10-17(8-9-17)13-19-12-15-6-3-5-14-4-1-2-7-16(14)15/h1-7,19H,8-13H2. The molecule has 3 rings (SSSR count). The summed E-state index contributed by atoms with van der Waals surface area (Å²) in [5.74, 6) is 0.788. The smallest absolute Gasteiger partial charge is 0.0229 e. The quantitative estimate of drug-likeness (QED) is 0.772. The van der Waals surface area contributed by atoms with Gasteiger partial charge in [-0.3, -0.25) is 0 Å². The van der Waals surface area contributed by atoms with Gasteiger partial charge in [-0.05, 0) is 41.0 Å². The van der Waals surface area contributed by atoms with E-state index in [1.54, 1.807) is 0 Å². The Morgan fingerprint density at radius 1 is 1.05 bits per heavy atom. The number of fused-ring (bicyclic) bond motifs is 1. The largest absolute Gasteiger partial charge is 0.312 e. The number of hydrogen-bond donors (Lipinski definition) is 1. The van der Waals surface area contributed by atoms with Gasteiger partial charge in [0, 0.05) is 19.0 Å². The Balaban J connectivity index is 1.66. The van der Waals surface area contributed by atoms with Crippen LogP contribution in [0.1, 0.15) is 24.8 Å². The molecular formula is C17H20ClN. The highest BCUT2D eigenvalue weighted by atomic mass is 35.5. The molecule has 1 saturated carbocycles. The van der Waals surface area contributed by atoms with Gasteiger partial charge in [0.2, 0.25) is 0 Å². The van der Waals surface area contributed by atoms with Crippen LogP contribution in [-0.4, -0.2) is 12.4 Å². The third kappa shape index (κ3) is 2.93. The first-order valence-corrected chi connectivity index (χ1v) is 7.60. The van der Waals surface area contributed by atoms with Crippen molar-refractivity contribution in [3.8, 4) is 0 Å². The van der Waals surface area contributed by atoms with Crippen molar-refractivity contribution < 1.29 is 0 Å². The van der Waals surface area contributed by atoms with Gasteiger partial charge in [0.15, 0.2) is 0 Å². The van der Waals surface area contributed by atoms with Crippen molar-refractivity contribution in [2.75, 3.05) is 12.4 Å². The molecular weight excluding hydrogens is 254 g/mol. The molecule has 1 aliphatic carbocycles. The Bertz CT molecular complexity index is 555. The summed E-state index contributed by atoms with van der Waals surface area (Å²) in [6, 6.07) is 15.1. The van der Waals surface area contributed by atoms with E-state index in [9.17, 15) is 0 Å². The number of rotatable bonds is 6. The summed E-state index contributed by atoms with van der Waals surface area (Å²) in [7, 11) is 0. The van der Waals surface area contributed by atoms with Gasteiger partial charge in [0.25, 0.3) is 0 Å². The highest BCUT2D eigenvalue weighted by Crippen LogP contribution is 2.48. The molecule has 1 nitrogen and oxygen atoms in total. The highest BCUT2D eigenvalue weighted by molar-refractivity contribution is 6.17. The number of nitrogens with one attached hydrogen (secondary N) is 1. The molecule has 100 valence electrons. The summed E-state index contributed by atoms with van der Waals surface area (Å²) in [6.07, 6.45) is 3.82. The van der Waals surface area contributed by atoms with E-state index in [2.05, 4.69) is 47.8 Å². The second kappa shape index (κ2) is 5.52. The van der Waals surface area contributed by atoms with E-state index in [-0.39, 0.29) is 0 Å². The SMILES string of the molecule is ClCCC1(CNCc2cccc3ccccc23)CC1. The molecule has 1 fully saturated rings. The van der Waals surface area contributed by atoms with Crippen LogP contribution in [0.4, 0.5) is 0 Å². The fraction of sp³-hybridized carbons (Fsp3) is 0.412. The molecule has 2 aromatic rings. The van der Waals surface area contributed by atoms with Crippen LogP contribution in [0.3, 0.4) is 0 Å². The van der Waals surface area contributed by atoms with Crippen LogP contribution >= 0.6 is 11.6 Å². The molecule has 2 heteroatoms. The van der Waals surface area contributed by atoms with Crippen LogP contribution in [0, 0.1) is 5.41 Å². The monoisotopic (exact) mass is 273 g/mol. The van der Waals surface area contributed by atoms with Crippen molar-refractivity contribution in [1.29, 1.82) is 0 Å². The predicted octanol–water partition coefficient (Wildman–Crippen LogP) is 4.34. The van der Waals surface area contributed by atoms with E-state index in [0.717, 1.165) is 25.4 Å². The van der Waals surface area contributed by atoms with Crippen LogP contribution < -0.4 is 5.32 Å². The van der Waals surface area contributed by atoms with Crippen molar-refractivity contribution >= 4 is 22.4 Å². The first-order valence-electron chi connectivity index (χ1n) is 7.06. The zero-order valence-corrected chi connectivity index (χ0v) is 11.9. The van der Waals surface area contributed by atoms with Crippen LogP contribution in [0.15, 0.2) is 42.5 Å². The van der Waals surface area contributed by atoms with Gasteiger partial charge in [-0.2, -0.15) is 0 Å². The molecule has 0 unspecified atom stereocenters.